The average molecular weight is 370 g/mol. The van der Waals surface area contributed by atoms with Crippen LogP contribution in [-0.2, 0) is 14.8 Å². The zero-order valence-electron chi connectivity index (χ0n) is 13.7. The van der Waals surface area contributed by atoms with Gasteiger partial charge in [-0.3, -0.25) is 4.79 Å². The van der Waals surface area contributed by atoms with E-state index in [0.717, 1.165) is 29.3 Å². The molecule has 1 fully saturated rings. The lowest BCUT2D eigenvalue weighted by atomic mass is 9.93. The SMILES string of the molecule is O=C([C@@H]1CC=CCC1)N1CCN(S(=O)(=O)c2cc(F)ccc2F)CC1. The van der Waals surface area contributed by atoms with Crippen LogP contribution >= 0.6 is 0 Å². The molecule has 0 unspecified atom stereocenters. The van der Waals surface area contributed by atoms with Gasteiger partial charge in [0.2, 0.25) is 15.9 Å². The zero-order valence-corrected chi connectivity index (χ0v) is 14.5. The molecule has 0 saturated carbocycles. The highest BCUT2D eigenvalue weighted by Gasteiger charge is 2.33. The summed E-state index contributed by atoms with van der Waals surface area (Å²) in [6.07, 6.45) is 6.46. The molecule has 1 aromatic rings. The zero-order chi connectivity index (χ0) is 18.0. The highest BCUT2D eigenvalue weighted by atomic mass is 32.2. The molecule has 0 radical (unpaired) electrons. The first kappa shape index (κ1) is 18.0. The Bertz CT molecular complexity index is 787. The van der Waals surface area contributed by atoms with Crippen molar-refractivity contribution >= 4 is 15.9 Å². The van der Waals surface area contributed by atoms with E-state index in [-0.39, 0.29) is 38.0 Å². The van der Waals surface area contributed by atoms with Crippen molar-refractivity contribution in [2.75, 3.05) is 26.2 Å². The van der Waals surface area contributed by atoms with Crippen molar-refractivity contribution in [1.29, 1.82) is 0 Å². The molecule has 1 aromatic carbocycles. The predicted octanol–water partition coefficient (Wildman–Crippen LogP) is 2.15. The van der Waals surface area contributed by atoms with Crippen LogP contribution in [0.5, 0.6) is 0 Å². The molecule has 25 heavy (non-hydrogen) atoms. The van der Waals surface area contributed by atoms with Crippen LogP contribution in [0.25, 0.3) is 0 Å². The first-order valence-electron chi connectivity index (χ1n) is 8.28. The minimum atomic E-state index is -4.12. The van der Waals surface area contributed by atoms with Gasteiger partial charge in [0.25, 0.3) is 0 Å². The third-order valence-corrected chi connectivity index (χ3v) is 6.59. The summed E-state index contributed by atoms with van der Waals surface area (Å²) in [5, 5.41) is 0. The van der Waals surface area contributed by atoms with Gasteiger partial charge in [-0.1, -0.05) is 12.2 Å². The second-order valence-corrected chi connectivity index (χ2v) is 8.19. The Balaban J connectivity index is 1.68. The summed E-state index contributed by atoms with van der Waals surface area (Å²) in [6, 6.07) is 2.37. The molecule has 1 saturated heterocycles. The van der Waals surface area contributed by atoms with Gasteiger partial charge in [-0.15, -0.1) is 0 Å². The van der Waals surface area contributed by atoms with Crippen LogP contribution in [0.4, 0.5) is 8.78 Å². The normalized spacial score (nSPS) is 22.2. The van der Waals surface area contributed by atoms with Crippen molar-refractivity contribution in [2.45, 2.75) is 24.2 Å². The highest BCUT2D eigenvalue weighted by molar-refractivity contribution is 7.89. The lowest BCUT2D eigenvalue weighted by molar-refractivity contribution is -0.137. The quantitative estimate of drug-likeness (QED) is 0.766. The Morgan fingerprint density at radius 2 is 1.80 bits per heavy atom. The molecule has 1 heterocycles. The van der Waals surface area contributed by atoms with Gasteiger partial charge < -0.3 is 4.90 Å². The van der Waals surface area contributed by atoms with Crippen LogP contribution in [0.2, 0.25) is 0 Å². The Labute approximate surface area is 146 Å². The van der Waals surface area contributed by atoms with Crippen molar-refractivity contribution in [1.82, 2.24) is 9.21 Å². The molecule has 0 spiro atoms. The molecule has 1 aliphatic carbocycles. The number of halogens is 2. The summed E-state index contributed by atoms with van der Waals surface area (Å²) < 4.78 is 53.3. The van der Waals surface area contributed by atoms with E-state index < -0.39 is 26.6 Å². The van der Waals surface area contributed by atoms with Crippen molar-refractivity contribution < 1.29 is 22.0 Å². The smallest absolute Gasteiger partial charge is 0.246 e. The van der Waals surface area contributed by atoms with Gasteiger partial charge in [0.15, 0.2) is 0 Å². The molecule has 1 amide bonds. The molecule has 5 nitrogen and oxygen atoms in total. The fourth-order valence-corrected chi connectivity index (χ4v) is 4.74. The van der Waals surface area contributed by atoms with Crippen LogP contribution in [0.3, 0.4) is 0 Å². The maximum Gasteiger partial charge on any atom is 0.246 e. The number of piperazine rings is 1. The number of carbonyl (C=O) groups excluding carboxylic acids is 1. The van der Waals surface area contributed by atoms with Crippen molar-refractivity contribution in [3.63, 3.8) is 0 Å². The monoisotopic (exact) mass is 370 g/mol. The van der Waals surface area contributed by atoms with E-state index >= 15 is 0 Å². The molecule has 1 aliphatic heterocycles. The summed E-state index contributed by atoms with van der Waals surface area (Å²) in [4.78, 5) is 13.5. The second kappa shape index (κ2) is 7.21. The van der Waals surface area contributed by atoms with E-state index in [1.54, 1.807) is 4.90 Å². The Morgan fingerprint density at radius 1 is 1.08 bits per heavy atom. The minimum Gasteiger partial charge on any atom is -0.340 e. The molecular formula is C17H20F2N2O3S. The lowest BCUT2D eigenvalue weighted by Gasteiger charge is -2.36. The van der Waals surface area contributed by atoms with E-state index in [9.17, 15) is 22.0 Å². The molecule has 136 valence electrons. The topological polar surface area (TPSA) is 57.7 Å². The number of nitrogens with zero attached hydrogens (tertiary/aromatic N) is 2. The van der Waals surface area contributed by atoms with E-state index in [4.69, 9.17) is 0 Å². The maximum atomic E-state index is 13.8. The molecule has 0 aromatic heterocycles. The van der Waals surface area contributed by atoms with E-state index in [0.29, 0.717) is 12.5 Å². The third kappa shape index (κ3) is 3.74. The van der Waals surface area contributed by atoms with Gasteiger partial charge >= 0.3 is 0 Å². The van der Waals surface area contributed by atoms with Crippen LogP contribution in [-0.4, -0.2) is 49.7 Å². The number of carbonyl (C=O) groups is 1. The first-order chi connectivity index (χ1) is 11.9. The van der Waals surface area contributed by atoms with Gasteiger partial charge in [0, 0.05) is 32.1 Å². The molecule has 1 atom stereocenters. The van der Waals surface area contributed by atoms with E-state index in [1.165, 1.54) is 0 Å². The fraction of sp³-hybridized carbons (Fsp3) is 0.471. The standard InChI is InChI=1S/C17H20F2N2O3S/c18-14-6-7-15(19)16(12-14)25(23,24)21-10-8-20(9-11-21)17(22)13-4-2-1-3-5-13/h1-2,6-7,12-13H,3-5,8-11H2/t13-/m1/s1. The van der Waals surface area contributed by atoms with Crippen LogP contribution < -0.4 is 0 Å². The van der Waals surface area contributed by atoms with Crippen LogP contribution in [0, 0.1) is 17.6 Å². The molecular weight excluding hydrogens is 350 g/mol. The summed E-state index contributed by atoms with van der Waals surface area (Å²) in [7, 11) is -4.12. The summed E-state index contributed by atoms with van der Waals surface area (Å²) in [5.74, 6) is -1.79. The lowest BCUT2D eigenvalue weighted by Crippen LogP contribution is -2.52. The van der Waals surface area contributed by atoms with Gasteiger partial charge in [0.05, 0.1) is 0 Å². The maximum absolute atomic E-state index is 13.8. The first-order valence-corrected chi connectivity index (χ1v) is 9.72. The molecule has 8 heteroatoms. The molecule has 0 N–H and O–H groups in total. The number of benzene rings is 1. The van der Waals surface area contributed by atoms with Crippen LogP contribution in [0.15, 0.2) is 35.2 Å². The number of allylic oxidation sites excluding steroid dienone is 2. The van der Waals surface area contributed by atoms with Gasteiger partial charge in [-0.2, -0.15) is 4.31 Å². The van der Waals surface area contributed by atoms with Gasteiger partial charge in [0.1, 0.15) is 16.5 Å². The van der Waals surface area contributed by atoms with Crippen molar-refractivity contribution in [2.24, 2.45) is 5.92 Å². The minimum absolute atomic E-state index is 0.0401. The van der Waals surface area contributed by atoms with E-state index in [1.807, 2.05) is 6.08 Å². The number of amides is 1. The number of sulfonamides is 1. The van der Waals surface area contributed by atoms with E-state index in [2.05, 4.69) is 6.08 Å². The molecule has 3 rings (SSSR count). The second-order valence-electron chi connectivity index (χ2n) is 6.29. The number of hydrogen-bond donors (Lipinski definition) is 0. The average Bonchev–Trinajstić information content (AvgIpc) is 2.64. The van der Waals surface area contributed by atoms with Gasteiger partial charge in [-0.05, 0) is 37.5 Å². The van der Waals surface area contributed by atoms with Crippen molar-refractivity contribution in [3.05, 3.63) is 42.0 Å². The van der Waals surface area contributed by atoms with Gasteiger partial charge in [-0.25, -0.2) is 17.2 Å². The Kier molecular flexibility index (Phi) is 5.19. The molecule has 2 aliphatic rings. The largest absolute Gasteiger partial charge is 0.340 e. The molecule has 0 bridgehead atoms. The highest BCUT2D eigenvalue weighted by Crippen LogP contribution is 2.24. The van der Waals surface area contributed by atoms with Crippen molar-refractivity contribution in [3.8, 4) is 0 Å². The number of hydrogen-bond acceptors (Lipinski definition) is 3. The Hall–Kier alpha value is -1.80. The Morgan fingerprint density at radius 3 is 2.44 bits per heavy atom. The third-order valence-electron chi connectivity index (χ3n) is 4.68. The summed E-state index contributed by atoms with van der Waals surface area (Å²) in [5.41, 5.74) is 0. The fourth-order valence-electron chi connectivity index (χ4n) is 3.24. The summed E-state index contributed by atoms with van der Waals surface area (Å²) >= 11 is 0. The number of rotatable bonds is 3. The van der Waals surface area contributed by atoms with Crippen LogP contribution in [0.1, 0.15) is 19.3 Å². The predicted molar refractivity (Wildman–Crippen MR) is 88.2 cm³/mol. The summed E-state index contributed by atoms with van der Waals surface area (Å²) in [6.45, 7) is 0.670.